The second kappa shape index (κ2) is 5.96. The van der Waals surface area contributed by atoms with Crippen LogP contribution in [-0.2, 0) is 16.1 Å². The van der Waals surface area contributed by atoms with Crippen molar-refractivity contribution in [2.24, 2.45) is 17.6 Å². The Labute approximate surface area is 144 Å². The number of β-lactam (4-membered cyclic amide) rings is 1. The third kappa shape index (κ3) is 2.58. The molecule has 0 bridgehead atoms. The molecule has 1 fully saturated rings. The number of pyridine rings is 1. The van der Waals surface area contributed by atoms with Gasteiger partial charge in [0.15, 0.2) is 18.9 Å². The second-order valence-corrected chi connectivity index (χ2v) is 6.54. The molecule has 2 amide bonds. The van der Waals surface area contributed by atoms with Crippen LogP contribution in [0.4, 0.5) is 0 Å². The highest BCUT2D eigenvalue weighted by Crippen LogP contribution is 2.46. The van der Waals surface area contributed by atoms with Crippen molar-refractivity contribution in [2.75, 3.05) is 0 Å². The molecule has 2 aliphatic rings. The van der Waals surface area contributed by atoms with Crippen molar-refractivity contribution >= 4 is 17.8 Å². The molecular formula is C17H19N3O5. The third-order valence-corrected chi connectivity index (χ3v) is 5.00. The molecule has 3 N–H and O–H groups in total. The Kier molecular flexibility index (Phi) is 4.08. The number of carbonyl (C=O) groups is 3. The number of hydrogen-bond acceptors (Lipinski definition) is 5. The summed E-state index contributed by atoms with van der Waals surface area (Å²) in [7, 11) is 0. The lowest BCUT2D eigenvalue weighted by molar-refractivity contribution is -0.689. The van der Waals surface area contributed by atoms with Gasteiger partial charge >= 0.3 is 0 Å². The molecule has 1 aromatic rings. The first-order chi connectivity index (χ1) is 11.7. The minimum Gasteiger partial charge on any atom is -0.543 e. The van der Waals surface area contributed by atoms with E-state index < -0.39 is 35.8 Å². The predicted octanol–water partition coefficient (Wildman–Crippen LogP) is -2.07. The topological polar surface area (TPSA) is 128 Å². The summed E-state index contributed by atoms with van der Waals surface area (Å²) >= 11 is 0. The molecule has 2 aliphatic heterocycles. The van der Waals surface area contributed by atoms with Gasteiger partial charge in [-0.05, 0) is 13.0 Å². The first kappa shape index (κ1) is 17.1. The highest BCUT2D eigenvalue weighted by atomic mass is 16.4. The first-order valence-electron chi connectivity index (χ1n) is 7.98. The van der Waals surface area contributed by atoms with Crippen molar-refractivity contribution in [1.29, 1.82) is 0 Å². The average molecular weight is 345 g/mol. The monoisotopic (exact) mass is 345 g/mol. The fourth-order valence-corrected chi connectivity index (χ4v) is 3.81. The van der Waals surface area contributed by atoms with Crippen LogP contribution in [0, 0.1) is 11.8 Å². The maximum absolute atomic E-state index is 12.3. The van der Waals surface area contributed by atoms with Crippen LogP contribution in [0.1, 0.15) is 24.2 Å². The fourth-order valence-electron chi connectivity index (χ4n) is 3.81. The number of aliphatic carboxylic acids is 1. The maximum Gasteiger partial charge on any atom is 0.254 e. The fraction of sp³-hybridized carbons (Fsp3) is 0.412. The Morgan fingerprint density at radius 1 is 1.48 bits per heavy atom. The number of aliphatic hydroxyl groups excluding tert-OH is 1. The maximum atomic E-state index is 12.3. The molecule has 0 unspecified atom stereocenters. The zero-order chi connectivity index (χ0) is 18.5. The summed E-state index contributed by atoms with van der Waals surface area (Å²) in [5, 5.41) is 21.4. The van der Waals surface area contributed by atoms with Crippen molar-refractivity contribution in [3.05, 3.63) is 41.4 Å². The van der Waals surface area contributed by atoms with Crippen LogP contribution in [0.3, 0.4) is 0 Å². The third-order valence-electron chi connectivity index (χ3n) is 5.00. The van der Waals surface area contributed by atoms with Gasteiger partial charge in [-0.2, -0.15) is 0 Å². The summed E-state index contributed by atoms with van der Waals surface area (Å²) in [5.74, 6) is -3.29. The van der Waals surface area contributed by atoms with E-state index in [2.05, 4.69) is 0 Å². The Hall–Kier alpha value is -2.74. The molecule has 8 nitrogen and oxygen atoms in total. The zero-order valence-electron chi connectivity index (χ0n) is 13.9. The van der Waals surface area contributed by atoms with Crippen molar-refractivity contribution in [3.63, 3.8) is 0 Å². The lowest BCUT2D eigenvalue weighted by Gasteiger charge is -2.47. The van der Waals surface area contributed by atoms with Crippen molar-refractivity contribution < 1.29 is 29.2 Å². The van der Waals surface area contributed by atoms with Gasteiger partial charge in [-0.25, -0.2) is 4.57 Å². The van der Waals surface area contributed by atoms with Crippen LogP contribution in [0.5, 0.6) is 0 Å². The number of carboxylic acids is 1. The number of primary amides is 1. The smallest absolute Gasteiger partial charge is 0.254 e. The van der Waals surface area contributed by atoms with E-state index >= 15 is 0 Å². The molecule has 1 saturated heterocycles. The quantitative estimate of drug-likeness (QED) is 0.468. The van der Waals surface area contributed by atoms with Crippen LogP contribution in [0.2, 0.25) is 0 Å². The number of carbonyl (C=O) groups excluding carboxylic acids is 3. The van der Waals surface area contributed by atoms with E-state index in [4.69, 9.17) is 5.73 Å². The Morgan fingerprint density at radius 2 is 2.16 bits per heavy atom. The summed E-state index contributed by atoms with van der Waals surface area (Å²) in [6.45, 7) is 3.52. The molecule has 25 heavy (non-hydrogen) atoms. The summed E-state index contributed by atoms with van der Waals surface area (Å²) in [4.78, 5) is 36.4. The average Bonchev–Trinajstić information content (AvgIpc) is 2.77. The second-order valence-electron chi connectivity index (χ2n) is 6.54. The van der Waals surface area contributed by atoms with Crippen LogP contribution in [0.25, 0.3) is 0 Å². The van der Waals surface area contributed by atoms with Crippen molar-refractivity contribution in [2.45, 2.75) is 32.5 Å². The van der Waals surface area contributed by atoms with Crippen LogP contribution < -0.4 is 15.4 Å². The van der Waals surface area contributed by atoms with Gasteiger partial charge in [-0.3, -0.25) is 9.59 Å². The molecule has 0 saturated carbocycles. The van der Waals surface area contributed by atoms with E-state index in [1.807, 2.05) is 6.92 Å². The highest BCUT2D eigenvalue weighted by molar-refractivity contribution is 5.99. The van der Waals surface area contributed by atoms with E-state index in [9.17, 15) is 24.6 Å². The van der Waals surface area contributed by atoms with E-state index in [0.29, 0.717) is 11.1 Å². The molecule has 1 aromatic heterocycles. The summed E-state index contributed by atoms with van der Waals surface area (Å²) in [6, 6.07) is 2.80. The first-order valence-corrected chi connectivity index (χ1v) is 7.98. The number of hydrogen-bond donors (Lipinski definition) is 2. The molecule has 4 atom stereocenters. The van der Waals surface area contributed by atoms with Gasteiger partial charge in [0.25, 0.3) is 5.91 Å². The molecule has 3 heterocycles. The standard InChI is InChI=1S/C17H19N3O5/c1-8-11(7-19-5-3-4-10(6-19)15(18)22)14(17(24)25)20-13(8)12(9(2)21)16(20)23/h3-6,8-9,12-13,21H,7H2,1-2H3,(H2-,18,22,24,25)/t8-,9+,12+,13+/m0/s1. The highest BCUT2D eigenvalue weighted by Gasteiger charge is 2.59. The lowest BCUT2D eigenvalue weighted by atomic mass is 9.78. The molecule has 8 heteroatoms. The number of fused-ring (bicyclic) bond motifs is 1. The van der Waals surface area contributed by atoms with Crippen LogP contribution in [0.15, 0.2) is 35.8 Å². The molecule has 0 aromatic carbocycles. The number of amides is 2. The van der Waals surface area contributed by atoms with E-state index in [-0.39, 0.29) is 18.2 Å². The number of aromatic nitrogens is 1. The lowest BCUT2D eigenvalue weighted by Crippen LogP contribution is -2.64. The zero-order valence-corrected chi connectivity index (χ0v) is 13.9. The van der Waals surface area contributed by atoms with Gasteiger partial charge in [0.05, 0.1) is 29.7 Å². The number of nitrogens with two attached hydrogens (primary N) is 1. The Morgan fingerprint density at radius 3 is 2.72 bits per heavy atom. The van der Waals surface area contributed by atoms with Crippen LogP contribution in [-0.4, -0.2) is 39.9 Å². The van der Waals surface area contributed by atoms with Crippen molar-refractivity contribution in [3.8, 4) is 0 Å². The Balaban J connectivity index is 1.97. The van der Waals surface area contributed by atoms with Gasteiger partial charge in [0.2, 0.25) is 5.91 Å². The van der Waals surface area contributed by atoms with Gasteiger partial charge in [-0.1, -0.05) is 6.92 Å². The number of rotatable bonds is 5. The van der Waals surface area contributed by atoms with Crippen LogP contribution >= 0.6 is 0 Å². The van der Waals surface area contributed by atoms with Gasteiger partial charge in [0.1, 0.15) is 5.56 Å². The van der Waals surface area contributed by atoms with Gasteiger partial charge in [-0.15, -0.1) is 0 Å². The van der Waals surface area contributed by atoms with Gasteiger partial charge in [0, 0.05) is 17.6 Å². The Bertz CT molecular complexity index is 801. The molecule has 0 spiro atoms. The largest absolute Gasteiger partial charge is 0.543 e. The SMILES string of the molecule is C[C@@H](O)[C@H]1C(=O)N2C(C(=O)[O-])=C(C[n+]3cccc(C(N)=O)c3)[C@H](C)[C@H]12. The molecule has 0 aliphatic carbocycles. The predicted molar refractivity (Wildman–Crippen MR) is 82.2 cm³/mol. The normalized spacial score (nSPS) is 26.3. The van der Waals surface area contributed by atoms with E-state index in [1.54, 1.807) is 22.9 Å². The van der Waals surface area contributed by atoms with E-state index in [1.165, 1.54) is 18.0 Å². The van der Waals surface area contributed by atoms with Gasteiger partial charge < -0.3 is 25.6 Å². The molecule has 132 valence electrons. The molecule has 3 rings (SSSR count). The number of aliphatic hydroxyl groups is 1. The number of nitrogens with zero attached hydrogens (tertiary/aromatic N) is 2. The minimum absolute atomic E-state index is 0.142. The summed E-state index contributed by atoms with van der Waals surface area (Å²) in [5.41, 5.74) is 5.94. The van der Waals surface area contributed by atoms with E-state index in [0.717, 1.165) is 0 Å². The molecule has 0 radical (unpaired) electrons. The summed E-state index contributed by atoms with van der Waals surface area (Å²) < 4.78 is 1.64. The number of carboxylic acid groups (broad SMARTS) is 1. The van der Waals surface area contributed by atoms with Crippen molar-refractivity contribution in [1.82, 2.24) is 4.90 Å². The molecular weight excluding hydrogens is 326 g/mol. The minimum atomic E-state index is -1.42. The summed E-state index contributed by atoms with van der Waals surface area (Å²) in [6.07, 6.45) is 2.35.